The molecule has 0 saturated heterocycles. The first-order valence-electron chi connectivity index (χ1n) is 8.98. The van der Waals surface area contributed by atoms with E-state index >= 15 is 0 Å². The third-order valence-corrected chi connectivity index (χ3v) is 4.47. The summed E-state index contributed by atoms with van der Waals surface area (Å²) in [6.45, 7) is 5.54. The van der Waals surface area contributed by atoms with Gasteiger partial charge in [-0.2, -0.15) is 0 Å². The molecule has 3 N–H and O–H groups in total. The number of fused-ring (bicyclic) bond motifs is 1. The Balaban J connectivity index is 2.41. The molecule has 0 spiro atoms. The average molecular weight is 377 g/mol. The molecule has 0 aromatic heterocycles. The molecule has 0 aliphatic carbocycles. The van der Waals surface area contributed by atoms with Crippen LogP contribution in [-0.2, 0) is 9.59 Å². The Morgan fingerprint density at radius 1 is 1.11 bits per heavy atom. The predicted octanol–water partition coefficient (Wildman–Crippen LogP) is 0.157. The Labute approximate surface area is 158 Å². The number of likely N-dealkylation sites (N-methyl/N-ethyl adjacent to an activating group) is 1. The molecule has 0 bridgehead atoms. The van der Waals surface area contributed by atoms with Crippen molar-refractivity contribution in [1.82, 2.24) is 15.5 Å². The van der Waals surface area contributed by atoms with Crippen molar-refractivity contribution >= 4 is 17.7 Å². The fourth-order valence-corrected chi connectivity index (χ4v) is 2.80. The molecular formula is C19H27N3O5. The molecule has 3 atom stereocenters. The summed E-state index contributed by atoms with van der Waals surface area (Å²) in [5.74, 6) is -1.23. The maximum absolute atomic E-state index is 12.7. The topological polar surface area (TPSA) is 108 Å². The molecule has 1 heterocycles. The second-order valence-corrected chi connectivity index (χ2v) is 7.03. The van der Waals surface area contributed by atoms with Crippen LogP contribution in [0.5, 0.6) is 5.75 Å². The van der Waals surface area contributed by atoms with Crippen molar-refractivity contribution in [3.05, 3.63) is 29.8 Å². The van der Waals surface area contributed by atoms with Gasteiger partial charge >= 0.3 is 0 Å². The van der Waals surface area contributed by atoms with E-state index in [9.17, 15) is 19.5 Å². The molecule has 8 heteroatoms. The summed E-state index contributed by atoms with van der Waals surface area (Å²) in [6, 6.07) is 4.65. The Kier molecular flexibility index (Phi) is 6.79. The summed E-state index contributed by atoms with van der Waals surface area (Å²) in [7, 11) is 1.63. The van der Waals surface area contributed by atoms with Crippen molar-refractivity contribution in [2.24, 2.45) is 5.92 Å². The number of ether oxygens (including phenoxy) is 1. The van der Waals surface area contributed by atoms with Crippen LogP contribution in [0.25, 0.3) is 0 Å². The summed E-state index contributed by atoms with van der Waals surface area (Å²) in [5, 5.41) is 15.2. The lowest BCUT2D eigenvalue weighted by Crippen LogP contribution is -2.58. The van der Waals surface area contributed by atoms with Gasteiger partial charge in [-0.25, -0.2) is 0 Å². The summed E-state index contributed by atoms with van der Waals surface area (Å²) >= 11 is 0. The first kappa shape index (κ1) is 20.7. The predicted molar refractivity (Wildman–Crippen MR) is 99.3 cm³/mol. The quantitative estimate of drug-likeness (QED) is 0.680. The summed E-state index contributed by atoms with van der Waals surface area (Å²) in [5.41, 5.74) is 0.254. The Bertz CT molecular complexity index is 704. The number of hydrogen-bond acceptors (Lipinski definition) is 5. The Morgan fingerprint density at radius 2 is 1.78 bits per heavy atom. The summed E-state index contributed by atoms with van der Waals surface area (Å²) < 4.78 is 5.69. The number of rotatable bonds is 2. The second kappa shape index (κ2) is 8.85. The smallest absolute Gasteiger partial charge is 0.255 e. The fraction of sp³-hybridized carbons (Fsp3) is 0.526. The zero-order valence-corrected chi connectivity index (χ0v) is 16.1. The Morgan fingerprint density at radius 3 is 2.41 bits per heavy atom. The second-order valence-electron chi connectivity index (χ2n) is 7.03. The first-order chi connectivity index (χ1) is 12.7. The minimum Gasteiger partial charge on any atom is -0.491 e. The van der Waals surface area contributed by atoms with Crippen molar-refractivity contribution in [3.8, 4) is 5.75 Å². The normalized spacial score (nSPS) is 23.2. The van der Waals surface area contributed by atoms with Crippen LogP contribution in [0.2, 0.25) is 0 Å². The van der Waals surface area contributed by atoms with E-state index in [4.69, 9.17) is 4.74 Å². The molecule has 2 rings (SSSR count). The highest BCUT2D eigenvalue weighted by atomic mass is 16.5. The van der Waals surface area contributed by atoms with Gasteiger partial charge in [-0.3, -0.25) is 14.4 Å². The number of nitrogens with zero attached hydrogens (tertiary/aromatic N) is 1. The minimum atomic E-state index is -1.20. The molecule has 8 nitrogen and oxygen atoms in total. The van der Waals surface area contributed by atoms with Gasteiger partial charge < -0.3 is 25.4 Å². The lowest BCUT2D eigenvalue weighted by molar-refractivity contribution is -0.138. The van der Waals surface area contributed by atoms with Gasteiger partial charge in [0.05, 0.1) is 18.2 Å². The lowest BCUT2D eigenvalue weighted by Gasteiger charge is -2.29. The van der Waals surface area contributed by atoms with Gasteiger partial charge in [0.15, 0.2) is 0 Å². The number of carbonyl (C=O) groups is 3. The van der Waals surface area contributed by atoms with E-state index in [0.29, 0.717) is 12.3 Å². The summed E-state index contributed by atoms with van der Waals surface area (Å²) in [6.07, 6.45) is -1.15. The standard InChI is InChI=1S/C19H27N3O5/c1-11(2)15-19(26)22(4)9-10-27-14-8-6-5-7-13(14)17(24)21-16(12(3)23)18(25)20-15/h5-8,11-12,15-16,23H,9-10H2,1-4H3,(H,20,25)(H,21,24)/t12-,15+,16+/m1/s1. The SMILES string of the molecule is CC(C)[C@@H]1NC(=O)[C@H]([C@@H](C)O)NC(=O)c2ccccc2OCCN(C)C1=O. The van der Waals surface area contributed by atoms with Gasteiger partial charge in [0.25, 0.3) is 5.91 Å². The largest absolute Gasteiger partial charge is 0.491 e. The number of aliphatic hydroxyl groups is 1. The third kappa shape index (κ3) is 4.97. The van der Waals surface area contributed by atoms with Gasteiger partial charge in [0, 0.05) is 7.05 Å². The van der Waals surface area contributed by atoms with Gasteiger partial charge in [-0.1, -0.05) is 26.0 Å². The van der Waals surface area contributed by atoms with Crippen molar-refractivity contribution in [3.63, 3.8) is 0 Å². The number of aliphatic hydroxyl groups excluding tert-OH is 1. The highest BCUT2D eigenvalue weighted by Crippen LogP contribution is 2.19. The van der Waals surface area contributed by atoms with Gasteiger partial charge in [0.2, 0.25) is 11.8 Å². The van der Waals surface area contributed by atoms with Crippen LogP contribution in [0.3, 0.4) is 0 Å². The van der Waals surface area contributed by atoms with Gasteiger partial charge in [-0.05, 0) is 25.0 Å². The summed E-state index contributed by atoms with van der Waals surface area (Å²) in [4.78, 5) is 39.6. The molecule has 0 radical (unpaired) electrons. The molecule has 3 amide bonds. The van der Waals surface area contributed by atoms with Crippen molar-refractivity contribution in [2.45, 2.75) is 39.0 Å². The van der Waals surface area contributed by atoms with Crippen molar-refractivity contribution in [2.75, 3.05) is 20.2 Å². The number of hydrogen-bond donors (Lipinski definition) is 3. The van der Waals surface area contributed by atoms with E-state index in [2.05, 4.69) is 10.6 Å². The van der Waals surface area contributed by atoms with E-state index in [1.165, 1.54) is 11.8 Å². The number of para-hydroxylation sites is 1. The minimum absolute atomic E-state index is 0.169. The van der Waals surface area contributed by atoms with Crippen molar-refractivity contribution < 1.29 is 24.2 Å². The molecule has 1 aliphatic heterocycles. The van der Waals surface area contributed by atoms with Crippen LogP contribution in [0.1, 0.15) is 31.1 Å². The number of benzene rings is 1. The number of amides is 3. The Hall–Kier alpha value is -2.61. The van der Waals surface area contributed by atoms with Crippen LogP contribution < -0.4 is 15.4 Å². The van der Waals surface area contributed by atoms with E-state index in [0.717, 1.165) is 0 Å². The van der Waals surface area contributed by atoms with Crippen LogP contribution in [0, 0.1) is 5.92 Å². The molecule has 0 unspecified atom stereocenters. The zero-order valence-electron chi connectivity index (χ0n) is 16.1. The fourth-order valence-electron chi connectivity index (χ4n) is 2.80. The molecular weight excluding hydrogens is 350 g/mol. The maximum Gasteiger partial charge on any atom is 0.255 e. The van der Waals surface area contributed by atoms with Gasteiger partial charge in [0.1, 0.15) is 24.4 Å². The maximum atomic E-state index is 12.7. The highest BCUT2D eigenvalue weighted by molar-refractivity contribution is 6.00. The molecule has 27 heavy (non-hydrogen) atoms. The monoisotopic (exact) mass is 377 g/mol. The lowest BCUT2D eigenvalue weighted by atomic mass is 10.0. The van der Waals surface area contributed by atoms with E-state index in [-0.39, 0.29) is 24.0 Å². The van der Waals surface area contributed by atoms with E-state index in [1.54, 1.807) is 31.3 Å². The molecule has 1 aromatic carbocycles. The van der Waals surface area contributed by atoms with E-state index < -0.39 is 30.0 Å². The van der Waals surface area contributed by atoms with Crippen LogP contribution in [0.15, 0.2) is 24.3 Å². The zero-order chi connectivity index (χ0) is 20.1. The molecule has 1 aliphatic rings. The van der Waals surface area contributed by atoms with Crippen LogP contribution in [-0.4, -0.2) is 66.1 Å². The van der Waals surface area contributed by atoms with Crippen LogP contribution in [0.4, 0.5) is 0 Å². The molecule has 0 saturated carbocycles. The van der Waals surface area contributed by atoms with Crippen molar-refractivity contribution in [1.29, 1.82) is 0 Å². The van der Waals surface area contributed by atoms with E-state index in [1.807, 2.05) is 13.8 Å². The molecule has 1 aromatic rings. The average Bonchev–Trinajstić information content (AvgIpc) is 2.62. The highest BCUT2D eigenvalue weighted by Gasteiger charge is 2.33. The van der Waals surface area contributed by atoms with Crippen LogP contribution >= 0.6 is 0 Å². The van der Waals surface area contributed by atoms with Gasteiger partial charge in [-0.15, -0.1) is 0 Å². The molecule has 0 fully saturated rings. The third-order valence-electron chi connectivity index (χ3n) is 4.47. The first-order valence-corrected chi connectivity index (χ1v) is 8.98. The molecule has 148 valence electrons. The number of carbonyl (C=O) groups excluding carboxylic acids is 3. The number of nitrogens with one attached hydrogen (secondary N) is 2.